The maximum absolute atomic E-state index is 11.4. The molecular weight excluding hydrogens is 416 g/mol. The van der Waals surface area contributed by atoms with Gasteiger partial charge in [0.2, 0.25) is 0 Å². The van der Waals surface area contributed by atoms with Crippen molar-refractivity contribution in [2.75, 3.05) is 18.1 Å². The monoisotopic (exact) mass is 456 g/mol. The number of benzene rings is 2. The summed E-state index contributed by atoms with van der Waals surface area (Å²) in [4.78, 5) is 11.4. The van der Waals surface area contributed by atoms with Gasteiger partial charge in [-0.05, 0) is 60.2 Å². The highest BCUT2D eigenvalue weighted by molar-refractivity contribution is 7.99. The lowest BCUT2D eigenvalue weighted by Gasteiger charge is -2.30. The van der Waals surface area contributed by atoms with Crippen molar-refractivity contribution in [3.8, 4) is 0 Å². The second-order valence-corrected chi connectivity index (χ2v) is 10.6. The number of aliphatic carboxylic acids is 1. The van der Waals surface area contributed by atoms with Crippen molar-refractivity contribution in [3.63, 3.8) is 0 Å². The number of aliphatic hydroxyl groups is 1. The maximum Gasteiger partial charge on any atom is 0.304 e. The molecule has 0 aromatic heterocycles. The molecule has 2 N–H and O–H groups in total. The van der Waals surface area contributed by atoms with Crippen LogP contribution in [0.15, 0.2) is 60.7 Å². The number of carboxylic acids is 1. The van der Waals surface area contributed by atoms with E-state index in [-0.39, 0.29) is 23.9 Å². The Kier molecular flexibility index (Phi) is 11.3. The molecular formula is C28H40O3S. The molecule has 2 rings (SSSR count). The van der Waals surface area contributed by atoms with Gasteiger partial charge in [0.1, 0.15) is 0 Å². The van der Waals surface area contributed by atoms with Gasteiger partial charge in [0, 0.05) is 12.0 Å². The predicted octanol–water partition coefficient (Wildman–Crippen LogP) is 6.83. The summed E-state index contributed by atoms with van der Waals surface area (Å²) < 4.78 is 0. The fourth-order valence-corrected chi connectivity index (χ4v) is 5.57. The zero-order valence-corrected chi connectivity index (χ0v) is 20.6. The van der Waals surface area contributed by atoms with Gasteiger partial charge in [0.05, 0.1) is 6.42 Å². The largest absolute Gasteiger partial charge is 0.481 e. The molecule has 0 fully saturated rings. The first-order valence-corrected chi connectivity index (χ1v) is 13.1. The molecule has 2 atom stereocenters. The minimum Gasteiger partial charge on any atom is -0.481 e. The summed E-state index contributed by atoms with van der Waals surface area (Å²) in [6.45, 7) is 4.58. The van der Waals surface area contributed by atoms with Crippen molar-refractivity contribution in [1.82, 2.24) is 0 Å². The topological polar surface area (TPSA) is 57.5 Å². The molecule has 0 saturated heterocycles. The Balaban J connectivity index is 1.67. The Morgan fingerprint density at radius 1 is 0.750 bits per heavy atom. The Labute approximate surface area is 198 Å². The molecule has 0 aliphatic rings. The van der Waals surface area contributed by atoms with Crippen LogP contribution in [0.5, 0.6) is 0 Å². The molecule has 4 heteroatoms. The lowest BCUT2D eigenvalue weighted by molar-refractivity contribution is -0.138. The van der Waals surface area contributed by atoms with Crippen molar-refractivity contribution in [2.24, 2.45) is 0 Å². The first-order chi connectivity index (χ1) is 15.4. The molecule has 32 heavy (non-hydrogen) atoms. The number of hydrogen-bond acceptors (Lipinski definition) is 3. The van der Waals surface area contributed by atoms with Crippen LogP contribution in [0.1, 0.15) is 76.3 Å². The summed E-state index contributed by atoms with van der Waals surface area (Å²) >= 11 is 2.01. The van der Waals surface area contributed by atoms with Crippen LogP contribution in [0.4, 0.5) is 0 Å². The zero-order valence-electron chi connectivity index (χ0n) is 19.8. The van der Waals surface area contributed by atoms with Gasteiger partial charge in [-0.25, -0.2) is 0 Å². The SMILES string of the molecule is CC(CCO)(CCCCSCCCCC(C)(CC(=O)O)c1ccccc1)c1ccccc1. The van der Waals surface area contributed by atoms with Gasteiger partial charge in [0.25, 0.3) is 0 Å². The number of thioether (sulfide) groups is 1. The van der Waals surface area contributed by atoms with Crippen LogP contribution in [-0.4, -0.2) is 34.3 Å². The van der Waals surface area contributed by atoms with Gasteiger partial charge in [-0.1, -0.05) is 87.4 Å². The average molecular weight is 457 g/mol. The molecule has 0 bridgehead atoms. The van der Waals surface area contributed by atoms with Gasteiger partial charge in [-0.15, -0.1) is 0 Å². The lowest BCUT2D eigenvalue weighted by Crippen LogP contribution is -2.25. The second kappa shape index (κ2) is 13.7. The Morgan fingerprint density at radius 2 is 1.22 bits per heavy atom. The standard InChI is InChI=1S/C28H40O3S/c1-27(19-20-29,24-13-5-3-6-14-24)17-9-11-21-32-22-12-10-18-28(2,23-26(30)31)25-15-7-4-8-16-25/h3-8,13-16,29H,9-12,17-23H2,1-2H3,(H,30,31). The van der Waals surface area contributed by atoms with E-state index in [1.165, 1.54) is 18.4 Å². The number of unbranched alkanes of at least 4 members (excludes halogenated alkanes) is 2. The van der Waals surface area contributed by atoms with Crippen molar-refractivity contribution in [1.29, 1.82) is 0 Å². The maximum atomic E-state index is 11.4. The first-order valence-electron chi connectivity index (χ1n) is 11.9. The highest BCUT2D eigenvalue weighted by Gasteiger charge is 2.29. The van der Waals surface area contributed by atoms with Gasteiger partial charge in [-0.3, -0.25) is 4.79 Å². The van der Waals surface area contributed by atoms with Crippen LogP contribution in [0.25, 0.3) is 0 Å². The minimum atomic E-state index is -0.727. The molecule has 0 radical (unpaired) electrons. The molecule has 0 amide bonds. The van der Waals surface area contributed by atoms with Gasteiger partial charge in [-0.2, -0.15) is 11.8 Å². The summed E-state index contributed by atoms with van der Waals surface area (Å²) in [7, 11) is 0. The number of aliphatic hydroxyl groups excluding tert-OH is 1. The fraction of sp³-hybridized carbons (Fsp3) is 0.536. The normalized spacial score (nSPS) is 15.1. The van der Waals surface area contributed by atoms with E-state index < -0.39 is 5.97 Å². The van der Waals surface area contributed by atoms with Crippen LogP contribution in [-0.2, 0) is 15.6 Å². The molecule has 176 valence electrons. The first kappa shape index (κ1) is 26.5. The second-order valence-electron chi connectivity index (χ2n) is 9.42. The van der Waals surface area contributed by atoms with Crippen LogP contribution >= 0.6 is 11.8 Å². The zero-order chi connectivity index (χ0) is 23.3. The van der Waals surface area contributed by atoms with E-state index in [2.05, 4.69) is 50.2 Å². The molecule has 0 saturated carbocycles. The molecule has 0 spiro atoms. The van der Waals surface area contributed by atoms with Crippen molar-refractivity contribution < 1.29 is 15.0 Å². The van der Waals surface area contributed by atoms with Crippen LogP contribution < -0.4 is 0 Å². The molecule has 3 nitrogen and oxygen atoms in total. The summed E-state index contributed by atoms with van der Waals surface area (Å²) in [5.74, 6) is 1.56. The van der Waals surface area contributed by atoms with Crippen LogP contribution in [0.3, 0.4) is 0 Å². The summed E-state index contributed by atoms with van der Waals surface area (Å²) in [5.41, 5.74) is 2.20. The summed E-state index contributed by atoms with van der Waals surface area (Å²) in [6.07, 6.45) is 7.53. The lowest BCUT2D eigenvalue weighted by atomic mass is 9.75. The third kappa shape index (κ3) is 8.63. The highest BCUT2D eigenvalue weighted by atomic mass is 32.2. The van der Waals surface area contributed by atoms with E-state index in [1.54, 1.807) is 0 Å². The summed E-state index contributed by atoms with van der Waals surface area (Å²) in [6, 6.07) is 20.6. The number of hydrogen-bond donors (Lipinski definition) is 2. The van der Waals surface area contributed by atoms with E-state index in [1.807, 2.05) is 36.0 Å². The number of carboxylic acid groups (broad SMARTS) is 1. The molecule has 0 aliphatic carbocycles. The van der Waals surface area contributed by atoms with Gasteiger partial charge >= 0.3 is 5.97 Å². The third-order valence-electron chi connectivity index (χ3n) is 6.68. The van der Waals surface area contributed by atoms with Crippen molar-refractivity contribution in [3.05, 3.63) is 71.8 Å². The summed E-state index contributed by atoms with van der Waals surface area (Å²) in [5, 5.41) is 18.9. The fourth-order valence-electron chi connectivity index (χ4n) is 4.55. The Morgan fingerprint density at radius 3 is 1.69 bits per heavy atom. The quantitative estimate of drug-likeness (QED) is 0.272. The number of carbonyl (C=O) groups is 1. The Bertz CT molecular complexity index is 780. The van der Waals surface area contributed by atoms with Crippen molar-refractivity contribution in [2.45, 2.75) is 76.0 Å². The van der Waals surface area contributed by atoms with E-state index >= 15 is 0 Å². The predicted molar refractivity (Wildman–Crippen MR) is 137 cm³/mol. The molecule has 2 unspecified atom stereocenters. The van der Waals surface area contributed by atoms with Gasteiger partial charge < -0.3 is 10.2 Å². The van der Waals surface area contributed by atoms with Crippen molar-refractivity contribution >= 4 is 17.7 Å². The average Bonchev–Trinajstić information content (AvgIpc) is 2.79. The van der Waals surface area contributed by atoms with Crippen LogP contribution in [0, 0.1) is 0 Å². The number of rotatable bonds is 16. The van der Waals surface area contributed by atoms with E-state index in [4.69, 9.17) is 0 Å². The van der Waals surface area contributed by atoms with Crippen LogP contribution in [0.2, 0.25) is 0 Å². The van der Waals surface area contributed by atoms with E-state index in [9.17, 15) is 15.0 Å². The molecule has 0 heterocycles. The highest BCUT2D eigenvalue weighted by Crippen LogP contribution is 2.34. The van der Waals surface area contributed by atoms with E-state index in [0.29, 0.717) is 0 Å². The van der Waals surface area contributed by atoms with E-state index in [0.717, 1.165) is 49.2 Å². The Hall–Kier alpha value is -1.78. The molecule has 2 aromatic rings. The molecule has 2 aromatic carbocycles. The van der Waals surface area contributed by atoms with Gasteiger partial charge in [0.15, 0.2) is 0 Å². The minimum absolute atomic E-state index is 0.0483. The molecule has 0 aliphatic heterocycles. The smallest absolute Gasteiger partial charge is 0.304 e. The third-order valence-corrected chi connectivity index (χ3v) is 7.84.